The Kier molecular flexibility index (Phi) is 5.93. The summed E-state index contributed by atoms with van der Waals surface area (Å²) in [5.74, 6) is 0.565. The van der Waals surface area contributed by atoms with Gasteiger partial charge in [0.15, 0.2) is 0 Å². The SMILES string of the molecule is CC(=C1C=CC=CC1)C(c1ccccc1)C([Si](C)(C)C)[Si](C)(C)C. The van der Waals surface area contributed by atoms with Gasteiger partial charge in [0, 0.05) is 22.1 Å². The molecule has 1 aromatic rings. The fourth-order valence-electron chi connectivity index (χ4n) is 4.66. The summed E-state index contributed by atoms with van der Waals surface area (Å²) in [7, 11) is -2.62. The normalized spacial score (nSPS) is 18.8. The van der Waals surface area contributed by atoms with Crippen molar-refractivity contribution in [1.29, 1.82) is 0 Å². The summed E-state index contributed by atoms with van der Waals surface area (Å²) in [6.45, 7) is 17.8. The predicted octanol–water partition coefficient (Wildman–Crippen LogP) is 7.19. The molecule has 0 saturated heterocycles. The third kappa shape index (κ3) is 4.49. The summed E-state index contributed by atoms with van der Waals surface area (Å²) in [5, 5.41) is 0.833. The van der Waals surface area contributed by atoms with Crippen LogP contribution < -0.4 is 0 Å². The fraction of sp³-hybridized carbons (Fsp3) is 0.455. The monoisotopic (exact) mass is 354 g/mol. The maximum Gasteiger partial charge on any atom is 0.0456 e. The quantitative estimate of drug-likeness (QED) is 0.491. The first kappa shape index (κ1) is 19.2. The van der Waals surface area contributed by atoms with Gasteiger partial charge in [-0.1, -0.05) is 99.5 Å². The first-order valence-corrected chi connectivity index (χ1v) is 16.4. The summed E-state index contributed by atoms with van der Waals surface area (Å²) in [4.78, 5) is 0. The fourth-order valence-corrected chi connectivity index (χ4v) is 17.9. The van der Waals surface area contributed by atoms with Gasteiger partial charge >= 0.3 is 0 Å². The zero-order valence-electron chi connectivity index (χ0n) is 16.6. The van der Waals surface area contributed by atoms with Crippen molar-refractivity contribution in [3.05, 3.63) is 71.3 Å². The van der Waals surface area contributed by atoms with Crippen LogP contribution in [-0.4, -0.2) is 16.1 Å². The molecule has 1 unspecified atom stereocenters. The lowest BCUT2D eigenvalue weighted by atomic mass is 9.88. The minimum Gasteiger partial charge on any atom is -0.0801 e. The predicted molar refractivity (Wildman–Crippen MR) is 115 cm³/mol. The van der Waals surface area contributed by atoms with E-state index in [1.54, 1.807) is 5.57 Å². The first-order valence-electron chi connectivity index (χ1n) is 9.20. The molecule has 130 valence electrons. The molecule has 0 bridgehead atoms. The van der Waals surface area contributed by atoms with Crippen molar-refractivity contribution in [3.8, 4) is 0 Å². The van der Waals surface area contributed by atoms with Gasteiger partial charge in [0.2, 0.25) is 0 Å². The molecule has 0 N–H and O–H groups in total. The van der Waals surface area contributed by atoms with E-state index in [9.17, 15) is 0 Å². The lowest BCUT2D eigenvalue weighted by Crippen LogP contribution is -2.47. The maximum atomic E-state index is 2.57. The standard InChI is InChI=1S/C22H34Si2/c1-18(19-14-10-8-11-15-19)21(20-16-12-9-13-17-20)22(23(2,3)4)24(5,6)7/h8-14,16-17,21-22H,15H2,1-7H3. The zero-order valence-corrected chi connectivity index (χ0v) is 18.6. The maximum absolute atomic E-state index is 2.57. The second-order valence-electron chi connectivity index (χ2n) is 9.30. The van der Waals surface area contributed by atoms with Gasteiger partial charge in [-0.3, -0.25) is 0 Å². The Morgan fingerprint density at radius 2 is 1.46 bits per heavy atom. The minimum absolute atomic E-state index is 0.565. The highest BCUT2D eigenvalue weighted by Gasteiger charge is 2.44. The molecule has 1 aromatic carbocycles. The second-order valence-corrected chi connectivity index (χ2v) is 20.6. The Labute approximate surface area is 151 Å². The highest BCUT2D eigenvalue weighted by atomic mass is 28.4. The van der Waals surface area contributed by atoms with Crippen molar-refractivity contribution in [2.75, 3.05) is 0 Å². The van der Waals surface area contributed by atoms with Gasteiger partial charge in [-0.15, -0.1) is 0 Å². The van der Waals surface area contributed by atoms with E-state index in [0.717, 1.165) is 11.6 Å². The molecule has 1 aliphatic rings. The van der Waals surface area contributed by atoms with Crippen LogP contribution in [0.3, 0.4) is 0 Å². The van der Waals surface area contributed by atoms with Crippen molar-refractivity contribution < 1.29 is 0 Å². The highest BCUT2D eigenvalue weighted by Crippen LogP contribution is 2.48. The summed E-state index contributed by atoms with van der Waals surface area (Å²) < 4.78 is 0. The summed E-state index contributed by atoms with van der Waals surface area (Å²) in [5.41, 5.74) is 4.63. The van der Waals surface area contributed by atoms with E-state index >= 15 is 0 Å². The Morgan fingerprint density at radius 3 is 1.92 bits per heavy atom. The van der Waals surface area contributed by atoms with Crippen LogP contribution in [0.15, 0.2) is 65.8 Å². The highest BCUT2D eigenvalue weighted by molar-refractivity contribution is 6.96. The van der Waals surface area contributed by atoms with E-state index in [1.165, 1.54) is 11.1 Å². The third-order valence-electron chi connectivity index (χ3n) is 5.21. The van der Waals surface area contributed by atoms with Crippen LogP contribution in [-0.2, 0) is 0 Å². The van der Waals surface area contributed by atoms with Gasteiger partial charge in [-0.05, 0) is 29.6 Å². The van der Waals surface area contributed by atoms with Gasteiger partial charge in [0.05, 0.1) is 0 Å². The average Bonchev–Trinajstić information content (AvgIpc) is 2.51. The van der Waals surface area contributed by atoms with Crippen LogP contribution in [0.1, 0.15) is 24.8 Å². The van der Waals surface area contributed by atoms with Crippen LogP contribution in [0.2, 0.25) is 44.4 Å². The van der Waals surface area contributed by atoms with Crippen LogP contribution in [0.4, 0.5) is 0 Å². The molecule has 0 nitrogen and oxygen atoms in total. The molecule has 0 heterocycles. The first-order chi connectivity index (χ1) is 11.1. The van der Waals surface area contributed by atoms with Gasteiger partial charge in [0.1, 0.15) is 0 Å². The summed E-state index contributed by atoms with van der Waals surface area (Å²) in [6.07, 6.45) is 10.1. The average molecular weight is 355 g/mol. The minimum atomic E-state index is -1.31. The lowest BCUT2D eigenvalue weighted by molar-refractivity contribution is 0.794. The largest absolute Gasteiger partial charge is 0.0801 e. The van der Waals surface area contributed by atoms with Gasteiger partial charge in [-0.25, -0.2) is 0 Å². The zero-order chi connectivity index (χ0) is 18.0. The molecule has 1 atom stereocenters. The van der Waals surface area contributed by atoms with Crippen molar-refractivity contribution in [2.45, 2.75) is 63.7 Å². The molecule has 0 aliphatic heterocycles. The molecule has 0 saturated carbocycles. The van der Waals surface area contributed by atoms with Gasteiger partial charge in [-0.2, -0.15) is 0 Å². The topological polar surface area (TPSA) is 0 Å². The van der Waals surface area contributed by atoms with Crippen molar-refractivity contribution >= 4 is 16.1 Å². The Bertz CT molecular complexity index is 623. The number of hydrogen-bond donors (Lipinski definition) is 0. The smallest absolute Gasteiger partial charge is 0.0456 e. The second kappa shape index (κ2) is 7.41. The number of allylic oxidation sites excluding steroid dienone is 6. The lowest BCUT2D eigenvalue weighted by Gasteiger charge is -2.45. The van der Waals surface area contributed by atoms with Crippen LogP contribution in [0.5, 0.6) is 0 Å². The summed E-state index contributed by atoms with van der Waals surface area (Å²) in [6, 6.07) is 11.3. The van der Waals surface area contributed by atoms with E-state index in [-0.39, 0.29) is 0 Å². The molecule has 2 rings (SSSR count). The molecular weight excluding hydrogens is 320 g/mol. The molecule has 1 aliphatic carbocycles. The van der Waals surface area contributed by atoms with Gasteiger partial charge in [0.25, 0.3) is 0 Å². The van der Waals surface area contributed by atoms with Crippen LogP contribution >= 0.6 is 0 Å². The Balaban J connectivity index is 2.63. The molecule has 0 spiro atoms. The molecule has 0 aromatic heterocycles. The number of benzene rings is 1. The van der Waals surface area contributed by atoms with Crippen LogP contribution in [0, 0.1) is 0 Å². The van der Waals surface area contributed by atoms with Crippen molar-refractivity contribution in [1.82, 2.24) is 0 Å². The van der Waals surface area contributed by atoms with Gasteiger partial charge < -0.3 is 0 Å². The van der Waals surface area contributed by atoms with E-state index in [0.29, 0.717) is 5.92 Å². The third-order valence-corrected chi connectivity index (χ3v) is 14.8. The number of rotatable bonds is 5. The molecule has 24 heavy (non-hydrogen) atoms. The molecular formula is C22H34Si2. The molecule has 0 radical (unpaired) electrons. The molecule has 0 amide bonds. The number of hydrogen-bond acceptors (Lipinski definition) is 0. The molecule has 0 fully saturated rings. The Morgan fingerprint density at radius 1 is 0.875 bits per heavy atom. The summed E-state index contributed by atoms with van der Waals surface area (Å²) >= 11 is 0. The van der Waals surface area contributed by atoms with Crippen molar-refractivity contribution in [3.63, 3.8) is 0 Å². The van der Waals surface area contributed by atoms with E-state index in [4.69, 9.17) is 0 Å². The van der Waals surface area contributed by atoms with E-state index in [2.05, 4.69) is 101 Å². The van der Waals surface area contributed by atoms with E-state index in [1.807, 2.05) is 0 Å². The van der Waals surface area contributed by atoms with Crippen LogP contribution in [0.25, 0.3) is 0 Å². The molecule has 2 heteroatoms. The van der Waals surface area contributed by atoms with E-state index < -0.39 is 16.1 Å². The Hall–Kier alpha value is -1.13. The van der Waals surface area contributed by atoms with Crippen molar-refractivity contribution in [2.24, 2.45) is 0 Å².